The fourth-order valence-electron chi connectivity index (χ4n) is 1.86. The van der Waals surface area contributed by atoms with Crippen molar-refractivity contribution in [3.05, 3.63) is 59.2 Å². The molecule has 19 heavy (non-hydrogen) atoms. The van der Waals surface area contributed by atoms with Gasteiger partial charge in [-0.1, -0.05) is 6.07 Å². The molecule has 0 saturated heterocycles. The molecule has 0 bridgehead atoms. The van der Waals surface area contributed by atoms with E-state index in [1.165, 1.54) is 18.2 Å². The van der Waals surface area contributed by atoms with Crippen LogP contribution < -0.4 is 10.5 Å². The lowest BCUT2D eigenvalue weighted by atomic mass is 10.1. The van der Waals surface area contributed by atoms with E-state index in [4.69, 9.17) is 10.5 Å². The van der Waals surface area contributed by atoms with Gasteiger partial charge in [0.05, 0.1) is 0 Å². The molecule has 100 valence electrons. The number of hydrogen-bond donors (Lipinski definition) is 1. The standard InChI is InChI=1S/C15H15F2NO/c1-9-8-11(6-7-12(9)16)19-14-5-3-4-13(17)15(14)10(2)18/h3-8,10H,18H2,1-2H3. The molecule has 4 heteroatoms. The summed E-state index contributed by atoms with van der Waals surface area (Å²) in [6.07, 6.45) is 0. The highest BCUT2D eigenvalue weighted by molar-refractivity contribution is 5.41. The van der Waals surface area contributed by atoms with E-state index in [9.17, 15) is 8.78 Å². The zero-order valence-corrected chi connectivity index (χ0v) is 10.8. The molecule has 0 fully saturated rings. The summed E-state index contributed by atoms with van der Waals surface area (Å²) in [5, 5.41) is 0. The van der Waals surface area contributed by atoms with E-state index in [1.54, 1.807) is 32.0 Å². The minimum atomic E-state index is -0.488. The van der Waals surface area contributed by atoms with Crippen molar-refractivity contribution in [3.8, 4) is 11.5 Å². The van der Waals surface area contributed by atoms with E-state index in [2.05, 4.69) is 0 Å². The number of halogens is 2. The molecular formula is C15H15F2NO. The minimum absolute atomic E-state index is 0.306. The van der Waals surface area contributed by atoms with Crippen molar-refractivity contribution in [1.82, 2.24) is 0 Å². The topological polar surface area (TPSA) is 35.2 Å². The van der Waals surface area contributed by atoms with Crippen LogP contribution in [0.4, 0.5) is 8.78 Å². The Kier molecular flexibility index (Phi) is 3.81. The molecule has 0 aliphatic rings. The van der Waals surface area contributed by atoms with Crippen LogP contribution >= 0.6 is 0 Å². The third-order valence-corrected chi connectivity index (χ3v) is 2.83. The summed E-state index contributed by atoms with van der Waals surface area (Å²) in [5.74, 6) is 0.0813. The third kappa shape index (κ3) is 2.90. The van der Waals surface area contributed by atoms with Gasteiger partial charge < -0.3 is 10.5 Å². The fourth-order valence-corrected chi connectivity index (χ4v) is 1.86. The van der Waals surface area contributed by atoms with Crippen molar-refractivity contribution >= 4 is 0 Å². The summed E-state index contributed by atoms with van der Waals surface area (Å²) in [6, 6.07) is 8.41. The van der Waals surface area contributed by atoms with Crippen molar-refractivity contribution in [3.63, 3.8) is 0 Å². The zero-order chi connectivity index (χ0) is 14.0. The molecule has 1 unspecified atom stereocenters. The lowest BCUT2D eigenvalue weighted by molar-refractivity contribution is 0.458. The largest absolute Gasteiger partial charge is 0.457 e. The van der Waals surface area contributed by atoms with Crippen LogP contribution in [-0.2, 0) is 0 Å². The van der Waals surface area contributed by atoms with Gasteiger partial charge >= 0.3 is 0 Å². The van der Waals surface area contributed by atoms with Crippen LogP contribution in [0.5, 0.6) is 11.5 Å². The molecule has 2 nitrogen and oxygen atoms in total. The van der Waals surface area contributed by atoms with Crippen LogP contribution in [0.2, 0.25) is 0 Å². The SMILES string of the molecule is Cc1cc(Oc2cccc(F)c2C(C)N)ccc1F. The van der Waals surface area contributed by atoms with Crippen LogP contribution in [0.3, 0.4) is 0 Å². The van der Waals surface area contributed by atoms with Crippen LogP contribution in [0.1, 0.15) is 24.1 Å². The lowest BCUT2D eigenvalue weighted by Gasteiger charge is -2.14. The number of hydrogen-bond acceptors (Lipinski definition) is 2. The van der Waals surface area contributed by atoms with Crippen LogP contribution in [0.15, 0.2) is 36.4 Å². The smallest absolute Gasteiger partial charge is 0.135 e. The second-order valence-electron chi connectivity index (χ2n) is 4.45. The van der Waals surface area contributed by atoms with Crippen LogP contribution in [0, 0.1) is 18.6 Å². The predicted octanol–water partition coefficient (Wildman–Crippen LogP) is 4.09. The molecule has 0 aliphatic heterocycles. The first-order chi connectivity index (χ1) is 8.99. The number of ether oxygens (including phenoxy) is 1. The monoisotopic (exact) mass is 263 g/mol. The Labute approximate surface area is 110 Å². The molecule has 2 rings (SSSR count). The zero-order valence-electron chi connectivity index (χ0n) is 10.8. The van der Waals surface area contributed by atoms with Crippen LogP contribution in [0.25, 0.3) is 0 Å². The van der Waals surface area contributed by atoms with Crippen molar-refractivity contribution in [2.24, 2.45) is 5.73 Å². The molecule has 0 spiro atoms. The summed E-state index contributed by atoms with van der Waals surface area (Å²) in [7, 11) is 0. The van der Waals surface area contributed by atoms with Gasteiger partial charge in [0.1, 0.15) is 23.1 Å². The maximum atomic E-state index is 13.7. The summed E-state index contributed by atoms with van der Waals surface area (Å²) >= 11 is 0. The Hall–Kier alpha value is -1.94. The quantitative estimate of drug-likeness (QED) is 0.905. The van der Waals surface area contributed by atoms with E-state index < -0.39 is 11.9 Å². The van der Waals surface area contributed by atoms with Crippen molar-refractivity contribution in [1.29, 1.82) is 0 Å². The Morgan fingerprint density at radius 2 is 1.84 bits per heavy atom. The fraction of sp³-hybridized carbons (Fsp3) is 0.200. The summed E-state index contributed by atoms with van der Waals surface area (Å²) in [6.45, 7) is 3.32. The highest BCUT2D eigenvalue weighted by atomic mass is 19.1. The van der Waals surface area contributed by atoms with E-state index in [0.717, 1.165) is 0 Å². The van der Waals surface area contributed by atoms with Gasteiger partial charge in [-0.3, -0.25) is 0 Å². The molecule has 0 aliphatic carbocycles. The van der Waals surface area contributed by atoms with Crippen LogP contribution in [-0.4, -0.2) is 0 Å². The summed E-state index contributed by atoms with van der Waals surface area (Å²) in [5.41, 5.74) is 6.52. The molecule has 0 radical (unpaired) electrons. The van der Waals surface area contributed by atoms with Gasteiger partial charge in [-0.2, -0.15) is 0 Å². The van der Waals surface area contributed by atoms with Crippen molar-refractivity contribution in [2.75, 3.05) is 0 Å². The van der Waals surface area contributed by atoms with Crippen molar-refractivity contribution in [2.45, 2.75) is 19.9 Å². The molecule has 1 atom stereocenters. The molecule has 0 saturated carbocycles. The van der Waals surface area contributed by atoms with Gasteiger partial charge in [-0.25, -0.2) is 8.78 Å². The second-order valence-corrected chi connectivity index (χ2v) is 4.45. The normalized spacial score (nSPS) is 12.3. The summed E-state index contributed by atoms with van der Waals surface area (Å²) in [4.78, 5) is 0. The number of aryl methyl sites for hydroxylation is 1. The molecule has 2 N–H and O–H groups in total. The van der Waals surface area contributed by atoms with Gasteiger partial charge in [0.2, 0.25) is 0 Å². The highest BCUT2D eigenvalue weighted by Crippen LogP contribution is 2.31. The average Bonchev–Trinajstić information content (AvgIpc) is 2.33. The third-order valence-electron chi connectivity index (χ3n) is 2.83. The van der Waals surface area contributed by atoms with Crippen molar-refractivity contribution < 1.29 is 13.5 Å². The Morgan fingerprint density at radius 1 is 1.11 bits per heavy atom. The number of benzene rings is 2. The highest BCUT2D eigenvalue weighted by Gasteiger charge is 2.14. The molecule has 2 aromatic rings. The summed E-state index contributed by atoms with van der Waals surface area (Å²) < 4.78 is 32.5. The first-order valence-corrected chi connectivity index (χ1v) is 5.97. The molecule has 0 heterocycles. The maximum Gasteiger partial charge on any atom is 0.135 e. The van der Waals surface area contributed by atoms with Gasteiger partial charge in [0.15, 0.2) is 0 Å². The van der Waals surface area contributed by atoms with E-state index in [-0.39, 0.29) is 5.82 Å². The Bertz CT molecular complexity index is 597. The predicted molar refractivity (Wildman–Crippen MR) is 70.2 cm³/mol. The van der Waals surface area contributed by atoms with E-state index in [1.807, 2.05) is 0 Å². The average molecular weight is 263 g/mol. The number of nitrogens with two attached hydrogens (primary N) is 1. The lowest BCUT2D eigenvalue weighted by Crippen LogP contribution is -2.09. The number of rotatable bonds is 3. The van der Waals surface area contributed by atoms with Gasteiger partial charge in [0, 0.05) is 11.6 Å². The maximum absolute atomic E-state index is 13.7. The molecule has 0 amide bonds. The Balaban J connectivity index is 2.38. The minimum Gasteiger partial charge on any atom is -0.457 e. The first-order valence-electron chi connectivity index (χ1n) is 5.97. The van der Waals surface area contributed by atoms with Gasteiger partial charge in [0.25, 0.3) is 0 Å². The Morgan fingerprint density at radius 3 is 2.47 bits per heavy atom. The van der Waals surface area contributed by atoms with E-state index >= 15 is 0 Å². The van der Waals surface area contributed by atoms with Gasteiger partial charge in [-0.15, -0.1) is 0 Å². The van der Waals surface area contributed by atoms with Gasteiger partial charge in [-0.05, 0) is 49.7 Å². The molecular weight excluding hydrogens is 248 g/mol. The van der Waals surface area contributed by atoms with E-state index in [0.29, 0.717) is 22.6 Å². The molecule has 2 aromatic carbocycles. The molecule has 0 aromatic heterocycles. The first kappa shape index (κ1) is 13.5. The second kappa shape index (κ2) is 5.36.